The Morgan fingerprint density at radius 1 is 1.22 bits per heavy atom. The highest BCUT2D eigenvalue weighted by molar-refractivity contribution is 8.00. The predicted octanol–water partition coefficient (Wildman–Crippen LogP) is 4.63. The maximum atomic E-state index is 13.1. The summed E-state index contributed by atoms with van der Waals surface area (Å²) in [6, 6.07) is 5.37. The first kappa shape index (κ1) is 18.3. The van der Waals surface area contributed by atoms with Gasteiger partial charge in [-0.3, -0.25) is 4.79 Å². The summed E-state index contributed by atoms with van der Waals surface area (Å²) in [5.41, 5.74) is -1.09. The molecule has 1 unspecified atom stereocenters. The van der Waals surface area contributed by atoms with E-state index in [4.69, 9.17) is 0 Å². The molecule has 2 aliphatic rings. The number of carbonyl (C=O) groups excluding carboxylic acids is 1. The molecule has 144 valence electrons. The Labute approximate surface area is 158 Å². The Bertz CT molecular complexity index is 859. The van der Waals surface area contributed by atoms with E-state index in [0.717, 1.165) is 37.6 Å². The van der Waals surface area contributed by atoms with Crippen LogP contribution in [0.15, 0.2) is 29.4 Å². The summed E-state index contributed by atoms with van der Waals surface area (Å²) in [6.07, 6.45) is -0.152. The van der Waals surface area contributed by atoms with Crippen molar-refractivity contribution in [1.29, 1.82) is 0 Å². The molecule has 0 aliphatic heterocycles. The van der Waals surface area contributed by atoms with Gasteiger partial charge in [-0.15, -0.1) is 10.2 Å². The van der Waals surface area contributed by atoms with Crippen LogP contribution in [0, 0.1) is 0 Å². The van der Waals surface area contributed by atoms with Crippen molar-refractivity contribution in [2.75, 3.05) is 5.32 Å². The van der Waals surface area contributed by atoms with Crippen LogP contribution in [0.1, 0.15) is 56.0 Å². The fraction of sp³-hybridized carbons (Fsp3) is 0.500. The predicted molar refractivity (Wildman–Crippen MR) is 95.7 cm³/mol. The number of hydrogen-bond acceptors (Lipinski definition) is 4. The minimum atomic E-state index is -4.52. The maximum absolute atomic E-state index is 13.1. The van der Waals surface area contributed by atoms with Crippen LogP contribution in [-0.4, -0.2) is 25.9 Å². The van der Waals surface area contributed by atoms with Crippen LogP contribution >= 0.6 is 11.8 Å². The molecule has 1 heterocycles. The zero-order valence-electron chi connectivity index (χ0n) is 14.7. The van der Waals surface area contributed by atoms with Crippen LogP contribution < -0.4 is 5.32 Å². The molecule has 2 saturated carbocycles. The van der Waals surface area contributed by atoms with E-state index in [1.54, 1.807) is 6.92 Å². The molecule has 1 atom stereocenters. The number of nitrogens with one attached hydrogen (secondary N) is 1. The normalized spacial score (nSPS) is 18.4. The van der Waals surface area contributed by atoms with Crippen molar-refractivity contribution in [2.24, 2.45) is 0 Å². The van der Waals surface area contributed by atoms with E-state index >= 15 is 0 Å². The molecule has 0 bridgehead atoms. The van der Waals surface area contributed by atoms with Gasteiger partial charge < -0.3 is 9.88 Å². The first-order valence-corrected chi connectivity index (χ1v) is 9.81. The highest BCUT2D eigenvalue weighted by atomic mass is 32.2. The minimum absolute atomic E-state index is 0.232. The summed E-state index contributed by atoms with van der Waals surface area (Å²) in [7, 11) is 0. The summed E-state index contributed by atoms with van der Waals surface area (Å²) < 4.78 is 41.4. The maximum Gasteiger partial charge on any atom is 0.418 e. The van der Waals surface area contributed by atoms with Crippen molar-refractivity contribution in [2.45, 2.75) is 61.1 Å². The number of nitrogens with zero attached hydrogens (tertiary/aromatic N) is 3. The molecule has 2 aliphatic carbocycles. The van der Waals surface area contributed by atoms with E-state index < -0.39 is 22.9 Å². The molecule has 4 rings (SSSR count). The number of para-hydroxylation sites is 1. The largest absolute Gasteiger partial charge is 0.418 e. The molecule has 0 radical (unpaired) electrons. The smallest absolute Gasteiger partial charge is 0.325 e. The van der Waals surface area contributed by atoms with E-state index in [0.29, 0.717) is 17.1 Å². The molecule has 27 heavy (non-hydrogen) atoms. The quantitative estimate of drug-likeness (QED) is 0.724. The van der Waals surface area contributed by atoms with Gasteiger partial charge in [0.25, 0.3) is 0 Å². The summed E-state index contributed by atoms with van der Waals surface area (Å²) in [6.45, 7) is 1.67. The number of carbonyl (C=O) groups is 1. The van der Waals surface area contributed by atoms with Gasteiger partial charge >= 0.3 is 6.18 Å². The summed E-state index contributed by atoms with van der Waals surface area (Å²) in [4.78, 5) is 12.5. The number of hydrogen-bond donors (Lipinski definition) is 1. The van der Waals surface area contributed by atoms with Crippen LogP contribution in [0.25, 0.3) is 0 Å². The zero-order chi connectivity index (χ0) is 19.2. The van der Waals surface area contributed by atoms with Crippen molar-refractivity contribution in [3.8, 4) is 0 Å². The van der Waals surface area contributed by atoms with Gasteiger partial charge in [0.05, 0.1) is 16.5 Å². The lowest BCUT2D eigenvalue weighted by molar-refractivity contribution is -0.137. The van der Waals surface area contributed by atoms with Gasteiger partial charge in [-0.25, -0.2) is 0 Å². The SMILES string of the molecule is CC(Sc1nnc(C2CC2)n1C1CC1)C(=O)Nc1ccccc1C(F)(F)F. The molecule has 1 aromatic heterocycles. The lowest BCUT2D eigenvalue weighted by Gasteiger charge is -2.16. The van der Waals surface area contributed by atoms with E-state index in [-0.39, 0.29) is 5.69 Å². The second-order valence-electron chi connectivity index (χ2n) is 7.01. The van der Waals surface area contributed by atoms with Crippen molar-refractivity contribution in [1.82, 2.24) is 14.8 Å². The standard InChI is InChI=1S/C18H19F3N4OS/c1-10(16(26)22-14-5-3-2-4-13(14)18(19,20)21)27-17-24-23-15(11-6-7-11)25(17)12-8-9-12/h2-5,10-12H,6-9H2,1H3,(H,22,26). The van der Waals surface area contributed by atoms with Crippen molar-refractivity contribution >= 4 is 23.4 Å². The Kier molecular flexibility index (Phi) is 4.65. The first-order chi connectivity index (χ1) is 12.8. The highest BCUT2D eigenvalue weighted by Crippen LogP contribution is 2.46. The number of alkyl halides is 3. The molecule has 2 aromatic rings. The number of amides is 1. The number of aromatic nitrogens is 3. The van der Waals surface area contributed by atoms with Crippen molar-refractivity contribution in [3.05, 3.63) is 35.7 Å². The number of thioether (sulfide) groups is 1. The molecule has 0 saturated heterocycles. The second kappa shape index (κ2) is 6.85. The lowest BCUT2D eigenvalue weighted by atomic mass is 10.1. The zero-order valence-corrected chi connectivity index (χ0v) is 15.5. The van der Waals surface area contributed by atoms with Crippen LogP contribution in [0.4, 0.5) is 18.9 Å². The van der Waals surface area contributed by atoms with Crippen LogP contribution in [0.3, 0.4) is 0 Å². The Balaban J connectivity index is 1.48. The fourth-order valence-corrected chi connectivity index (χ4v) is 3.88. The number of halogens is 3. The van der Waals surface area contributed by atoms with Gasteiger partial charge in [-0.1, -0.05) is 23.9 Å². The topological polar surface area (TPSA) is 59.8 Å². The van der Waals surface area contributed by atoms with Crippen molar-refractivity contribution < 1.29 is 18.0 Å². The Morgan fingerprint density at radius 2 is 1.93 bits per heavy atom. The van der Waals surface area contributed by atoms with Gasteiger partial charge in [0.1, 0.15) is 5.82 Å². The highest BCUT2D eigenvalue weighted by Gasteiger charge is 2.37. The third kappa shape index (κ3) is 3.97. The number of anilines is 1. The van der Waals surface area contributed by atoms with Gasteiger partial charge in [-0.2, -0.15) is 13.2 Å². The molecule has 5 nitrogen and oxygen atoms in total. The molecule has 1 amide bonds. The molecular formula is C18H19F3N4OS. The van der Waals surface area contributed by atoms with Crippen LogP contribution in [-0.2, 0) is 11.0 Å². The lowest BCUT2D eigenvalue weighted by Crippen LogP contribution is -2.24. The van der Waals surface area contributed by atoms with Crippen LogP contribution in [0.2, 0.25) is 0 Å². The third-order valence-electron chi connectivity index (χ3n) is 4.69. The molecule has 0 spiro atoms. The number of benzene rings is 1. The van der Waals surface area contributed by atoms with Crippen LogP contribution in [0.5, 0.6) is 0 Å². The average molecular weight is 396 g/mol. The average Bonchev–Trinajstić information content (AvgIpc) is 3.53. The van der Waals surface area contributed by atoms with E-state index in [2.05, 4.69) is 20.1 Å². The van der Waals surface area contributed by atoms with E-state index in [1.807, 2.05) is 0 Å². The van der Waals surface area contributed by atoms with E-state index in [9.17, 15) is 18.0 Å². The molecule has 9 heteroatoms. The van der Waals surface area contributed by atoms with Gasteiger partial charge in [-0.05, 0) is 44.7 Å². The van der Waals surface area contributed by atoms with E-state index in [1.165, 1.54) is 30.0 Å². The fourth-order valence-electron chi connectivity index (χ4n) is 2.95. The molecule has 2 fully saturated rings. The van der Waals surface area contributed by atoms with Gasteiger partial charge in [0.15, 0.2) is 5.16 Å². The molecule has 1 N–H and O–H groups in total. The van der Waals surface area contributed by atoms with Gasteiger partial charge in [0.2, 0.25) is 5.91 Å². The number of rotatable bonds is 6. The molecule has 1 aromatic carbocycles. The first-order valence-electron chi connectivity index (χ1n) is 8.93. The monoisotopic (exact) mass is 396 g/mol. The van der Waals surface area contributed by atoms with Crippen molar-refractivity contribution in [3.63, 3.8) is 0 Å². The Morgan fingerprint density at radius 3 is 2.56 bits per heavy atom. The third-order valence-corrected chi connectivity index (χ3v) is 5.74. The minimum Gasteiger partial charge on any atom is -0.325 e. The second-order valence-corrected chi connectivity index (χ2v) is 8.32. The van der Waals surface area contributed by atoms with Gasteiger partial charge in [0, 0.05) is 12.0 Å². The Hall–Kier alpha value is -2.03. The summed E-state index contributed by atoms with van der Waals surface area (Å²) in [5, 5.41) is 11.0. The summed E-state index contributed by atoms with van der Waals surface area (Å²) in [5.74, 6) is 0.945. The summed E-state index contributed by atoms with van der Waals surface area (Å²) >= 11 is 1.24. The molecular weight excluding hydrogens is 377 g/mol.